The Morgan fingerprint density at radius 3 is 2.80 bits per heavy atom. The lowest BCUT2D eigenvalue weighted by Gasteiger charge is -2.36. The molecule has 0 bridgehead atoms. The second-order valence-electron chi connectivity index (χ2n) is 6.74. The normalized spacial score (nSPS) is 36.9. The fourth-order valence-electron chi connectivity index (χ4n) is 4.49. The minimum absolute atomic E-state index is 0.218. The van der Waals surface area contributed by atoms with Crippen molar-refractivity contribution in [2.45, 2.75) is 56.3 Å². The van der Waals surface area contributed by atoms with E-state index in [1.165, 1.54) is 49.9 Å². The van der Waals surface area contributed by atoms with Crippen molar-refractivity contribution in [3.05, 3.63) is 35.4 Å². The van der Waals surface area contributed by atoms with Crippen LogP contribution in [0.15, 0.2) is 24.3 Å². The van der Waals surface area contributed by atoms with E-state index in [0.717, 1.165) is 12.5 Å². The topological polar surface area (TPSA) is 41.3 Å². The Morgan fingerprint density at radius 2 is 1.90 bits per heavy atom. The van der Waals surface area contributed by atoms with Gasteiger partial charge in [-0.25, -0.2) is 0 Å². The molecule has 3 heteroatoms. The molecule has 2 aliphatic heterocycles. The Balaban J connectivity index is 1.45. The van der Waals surface area contributed by atoms with E-state index in [0.29, 0.717) is 12.1 Å². The lowest BCUT2D eigenvalue weighted by Crippen LogP contribution is -2.46. The number of hydrogen-bond acceptors (Lipinski definition) is 3. The van der Waals surface area contributed by atoms with Crippen molar-refractivity contribution in [3.63, 3.8) is 0 Å². The summed E-state index contributed by atoms with van der Waals surface area (Å²) in [5.41, 5.74) is 9.07. The minimum Gasteiger partial charge on any atom is -0.324 e. The molecule has 2 heterocycles. The lowest BCUT2D eigenvalue weighted by atomic mass is 9.96. The van der Waals surface area contributed by atoms with Gasteiger partial charge in [-0.1, -0.05) is 24.3 Å². The van der Waals surface area contributed by atoms with Gasteiger partial charge in [0, 0.05) is 24.2 Å². The van der Waals surface area contributed by atoms with Crippen LogP contribution < -0.4 is 11.1 Å². The Labute approximate surface area is 121 Å². The summed E-state index contributed by atoms with van der Waals surface area (Å²) < 4.78 is 0. The van der Waals surface area contributed by atoms with Gasteiger partial charge in [0.2, 0.25) is 0 Å². The highest BCUT2D eigenvalue weighted by Gasteiger charge is 2.35. The maximum absolute atomic E-state index is 6.28. The predicted octanol–water partition coefficient (Wildman–Crippen LogP) is 2.35. The summed E-state index contributed by atoms with van der Waals surface area (Å²) in [6.45, 7) is 2.61. The van der Waals surface area contributed by atoms with Crippen molar-refractivity contribution in [2.75, 3.05) is 13.1 Å². The van der Waals surface area contributed by atoms with Crippen LogP contribution in [0.3, 0.4) is 0 Å². The zero-order chi connectivity index (χ0) is 13.5. The summed E-state index contributed by atoms with van der Waals surface area (Å²) in [6.07, 6.45) is 6.48. The maximum Gasteiger partial charge on any atom is 0.0344 e. The fourth-order valence-corrected chi connectivity index (χ4v) is 4.49. The van der Waals surface area contributed by atoms with Gasteiger partial charge in [-0.3, -0.25) is 0 Å². The fraction of sp³-hybridized carbons (Fsp3) is 0.647. The van der Waals surface area contributed by atoms with Crippen LogP contribution in [-0.2, 0) is 0 Å². The first-order valence-electron chi connectivity index (χ1n) is 8.16. The average molecular weight is 271 g/mol. The first-order chi connectivity index (χ1) is 9.81. The van der Waals surface area contributed by atoms with E-state index in [1.807, 2.05) is 0 Å². The third-order valence-corrected chi connectivity index (χ3v) is 5.52. The van der Waals surface area contributed by atoms with Gasteiger partial charge in [-0.15, -0.1) is 0 Å². The first kappa shape index (κ1) is 12.8. The smallest absolute Gasteiger partial charge is 0.0344 e. The van der Waals surface area contributed by atoms with Crippen LogP contribution in [0.4, 0.5) is 0 Å². The molecule has 4 atom stereocenters. The monoisotopic (exact) mass is 271 g/mol. The van der Waals surface area contributed by atoms with Gasteiger partial charge >= 0.3 is 0 Å². The molecular weight excluding hydrogens is 246 g/mol. The molecule has 108 valence electrons. The molecule has 2 saturated heterocycles. The van der Waals surface area contributed by atoms with Crippen molar-refractivity contribution in [1.29, 1.82) is 0 Å². The van der Waals surface area contributed by atoms with E-state index in [1.54, 1.807) is 0 Å². The molecule has 0 aromatic heterocycles. The number of nitrogens with zero attached hydrogens (tertiary/aromatic N) is 1. The maximum atomic E-state index is 6.28. The zero-order valence-corrected chi connectivity index (χ0v) is 12.1. The van der Waals surface area contributed by atoms with E-state index >= 15 is 0 Å². The average Bonchev–Trinajstić information content (AvgIpc) is 3.05. The van der Waals surface area contributed by atoms with Crippen molar-refractivity contribution in [2.24, 2.45) is 5.73 Å². The van der Waals surface area contributed by atoms with Crippen LogP contribution in [0.2, 0.25) is 0 Å². The van der Waals surface area contributed by atoms with Gasteiger partial charge < -0.3 is 16.0 Å². The van der Waals surface area contributed by atoms with Crippen molar-refractivity contribution in [1.82, 2.24) is 10.2 Å². The van der Waals surface area contributed by atoms with E-state index in [4.69, 9.17) is 5.73 Å². The van der Waals surface area contributed by atoms with Crippen LogP contribution in [-0.4, -0.2) is 30.1 Å². The molecule has 1 aromatic carbocycles. The number of nitrogens with two attached hydrogens (primary N) is 1. The van der Waals surface area contributed by atoms with Gasteiger partial charge in [0.1, 0.15) is 0 Å². The second kappa shape index (κ2) is 5.14. The SMILES string of the molecule is NC1CC(NC2CCN3CCCC3C2)c2ccccc21. The van der Waals surface area contributed by atoms with Gasteiger partial charge in [0.05, 0.1) is 0 Å². The summed E-state index contributed by atoms with van der Waals surface area (Å²) in [4.78, 5) is 2.69. The zero-order valence-electron chi connectivity index (χ0n) is 12.1. The predicted molar refractivity (Wildman–Crippen MR) is 81.5 cm³/mol. The molecular formula is C17H25N3. The summed E-state index contributed by atoms with van der Waals surface area (Å²) >= 11 is 0. The van der Waals surface area contributed by atoms with Crippen molar-refractivity contribution in [3.8, 4) is 0 Å². The van der Waals surface area contributed by atoms with E-state index in [-0.39, 0.29) is 6.04 Å². The summed E-state index contributed by atoms with van der Waals surface area (Å²) in [5, 5.41) is 3.91. The van der Waals surface area contributed by atoms with Crippen LogP contribution in [0, 0.1) is 0 Å². The van der Waals surface area contributed by atoms with E-state index in [2.05, 4.69) is 34.5 Å². The van der Waals surface area contributed by atoms with Gasteiger partial charge in [0.25, 0.3) is 0 Å². The number of nitrogens with one attached hydrogen (secondary N) is 1. The van der Waals surface area contributed by atoms with Crippen molar-refractivity contribution >= 4 is 0 Å². The third kappa shape index (κ3) is 2.18. The summed E-state index contributed by atoms with van der Waals surface area (Å²) in [7, 11) is 0. The van der Waals surface area contributed by atoms with Gasteiger partial charge in [-0.2, -0.15) is 0 Å². The Kier molecular flexibility index (Phi) is 3.29. The lowest BCUT2D eigenvalue weighted by molar-refractivity contribution is 0.160. The summed E-state index contributed by atoms with van der Waals surface area (Å²) in [6, 6.07) is 10.9. The third-order valence-electron chi connectivity index (χ3n) is 5.52. The largest absolute Gasteiger partial charge is 0.324 e. The molecule has 0 amide bonds. The van der Waals surface area contributed by atoms with Crippen LogP contribution in [0.1, 0.15) is 55.3 Å². The highest BCUT2D eigenvalue weighted by Crippen LogP contribution is 2.38. The first-order valence-corrected chi connectivity index (χ1v) is 8.16. The Bertz CT molecular complexity index is 487. The molecule has 4 unspecified atom stereocenters. The molecule has 3 nitrogen and oxygen atoms in total. The number of rotatable bonds is 2. The molecule has 20 heavy (non-hydrogen) atoms. The highest BCUT2D eigenvalue weighted by molar-refractivity contribution is 5.37. The Morgan fingerprint density at radius 1 is 1.05 bits per heavy atom. The van der Waals surface area contributed by atoms with Crippen LogP contribution in [0.25, 0.3) is 0 Å². The van der Waals surface area contributed by atoms with Crippen LogP contribution >= 0.6 is 0 Å². The highest BCUT2D eigenvalue weighted by atomic mass is 15.2. The van der Waals surface area contributed by atoms with Crippen molar-refractivity contribution < 1.29 is 0 Å². The molecule has 1 aromatic rings. The minimum atomic E-state index is 0.218. The molecule has 3 N–H and O–H groups in total. The number of hydrogen-bond donors (Lipinski definition) is 2. The number of benzene rings is 1. The summed E-state index contributed by atoms with van der Waals surface area (Å²) in [5.74, 6) is 0. The molecule has 0 saturated carbocycles. The van der Waals surface area contributed by atoms with Crippen LogP contribution in [0.5, 0.6) is 0 Å². The number of piperidine rings is 1. The molecule has 3 aliphatic rings. The molecule has 1 aliphatic carbocycles. The number of fused-ring (bicyclic) bond motifs is 2. The van der Waals surface area contributed by atoms with Gasteiger partial charge in [0.15, 0.2) is 0 Å². The quantitative estimate of drug-likeness (QED) is 0.867. The molecule has 0 radical (unpaired) electrons. The molecule has 4 rings (SSSR count). The molecule has 0 spiro atoms. The van der Waals surface area contributed by atoms with E-state index in [9.17, 15) is 0 Å². The Hall–Kier alpha value is -0.900. The van der Waals surface area contributed by atoms with Gasteiger partial charge in [-0.05, 0) is 56.3 Å². The second-order valence-corrected chi connectivity index (χ2v) is 6.74. The van der Waals surface area contributed by atoms with E-state index < -0.39 is 0 Å². The molecule has 2 fully saturated rings. The standard InChI is InChI=1S/C17H25N3/c18-16-11-17(15-6-2-1-5-14(15)16)19-12-7-9-20-8-3-4-13(20)10-12/h1-2,5-6,12-13,16-17,19H,3-4,7-11,18H2.